The van der Waals surface area contributed by atoms with Crippen molar-refractivity contribution >= 4 is 92.9 Å². The van der Waals surface area contributed by atoms with E-state index in [2.05, 4.69) is 152 Å². The molecular weight excluding hydrogens is 707 g/mol. The molecule has 1 N–H and O–H groups in total. The molecule has 10 aromatic rings. The molecule has 0 bridgehead atoms. The van der Waals surface area contributed by atoms with E-state index in [4.69, 9.17) is 18.8 Å². The maximum Gasteiger partial charge on any atom is 0.159 e. The number of thiophene rings is 1. The summed E-state index contributed by atoms with van der Waals surface area (Å²) in [5.74, 6) is 2.60. The number of amidine groups is 2. The Balaban J connectivity index is 1.01. The van der Waals surface area contributed by atoms with Crippen molar-refractivity contribution in [1.82, 2.24) is 5.32 Å². The molecule has 5 nitrogen and oxygen atoms in total. The van der Waals surface area contributed by atoms with Crippen molar-refractivity contribution in [3.8, 4) is 11.1 Å². The zero-order chi connectivity index (χ0) is 36.9. The van der Waals surface area contributed by atoms with E-state index in [1.165, 1.54) is 31.1 Å². The maximum absolute atomic E-state index is 6.75. The molecule has 0 spiro atoms. The van der Waals surface area contributed by atoms with Crippen LogP contribution < -0.4 is 5.32 Å². The number of allylic oxidation sites excluding steroid dienone is 1. The van der Waals surface area contributed by atoms with Gasteiger partial charge in [-0.25, -0.2) is 9.98 Å². The topological polar surface area (TPSA) is 63.0 Å². The van der Waals surface area contributed by atoms with Gasteiger partial charge in [0.2, 0.25) is 0 Å². The van der Waals surface area contributed by atoms with Gasteiger partial charge in [-0.15, -0.1) is 11.3 Å². The first-order valence-electron chi connectivity index (χ1n) is 19.1. The lowest BCUT2D eigenvalue weighted by molar-refractivity contribution is 0.419. The van der Waals surface area contributed by atoms with Crippen LogP contribution in [0.15, 0.2) is 170 Å². The van der Waals surface area contributed by atoms with Gasteiger partial charge in [0, 0.05) is 58.9 Å². The number of para-hydroxylation sites is 1. The molecule has 3 aromatic heterocycles. The van der Waals surface area contributed by atoms with Crippen LogP contribution in [0.4, 0.5) is 0 Å². The summed E-state index contributed by atoms with van der Waals surface area (Å²) in [4.78, 5) is 10.8. The van der Waals surface area contributed by atoms with Crippen LogP contribution in [0.5, 0.6) is 0 Å². The van der Waals surface area contributed by atoms with Gasteiger partial charge >= 0.3 is 0 Å². The third-order valence-corrected chi connectivity index (χ3v) is 12.9. The van der Waals surface area contributed by atoms with Crippen molar-refractivity contribution in [2.75, 3.05) is 0 Å². The molecule has 6 heteroatoms. The fraction of sp³-hybridized carbons (Fsp3) is 0.0800. The number of nitrogens with zero attached hydrogens (tertiary/aromatic N) is 2. The highest BCUT2D eigenvalue weighted by Crippen LogP contribution is 2.46. The van der Waals surface area contributed by atoms with Crippen LogP contribution in [0.3, 0.4) is 0 Å². The highest BCUT2D eigenvalue weighted by atomic mass is 32.1. The zero-order valence-electron chi connectivity index (χ0n) is 30.4. The number of nitrogens with one attached hydrogen (secondary N) is 1. The summed E-state index contributed by atoms with van der Waals surface area (Å²) in [6.07, 6.45) is 4.10. The van der Waals surface area contributed by atoms with Crippen molar-refractivity contribution in [1.29, 1.82) is 0 Å². The van der Waals surface area contributed by atoms with Gasteiger partial charge in [-0.1, -0.05) is 122 Å². The van der Waals surface area contributed by atoms with Gasteiger partial charge in [0.15, 0.2) is 5.84 Å². The largest absolute Gasteiger partial charge is 0.456 e. The normalized spacial score (nSPS) is 18.2. The molecule has 0 radical (unpaired) electrons. The Morgan fingerprint density at radius 2 is 1.38 bits per heavy atom. The molecule has 3 unspecified atom stereocenters. The Kier molecular flexibility index (Phi) is 6.83. The number of aliphatic imine (C=N–C) groups is 2. The van der Waals surface area contributed by atoms with Crippen LogP contribution >= 0.6 is 11.3 Å². The summed E-state index contributed by atoms with van der Waals surface area (Å²) >= 11 is 1.82. The highest BCUT2D eigenvalue weighted by Gasteiger charge is 2.37. The first kappa shape index (κ1) is 31.6. The van der Waals surface area contributed by atoms with Crippen LogP contribution in [0.2, 0.25) is 0 Å². The summed E-state index contributed by atoms with van der Waals surface area (Å²) in [5, 5.41) is 12.1. The average molecular weight is 740 g/mol. The Morgan fingerprint density at radius 3 is 2.32 bits per heavy atom. The van der Waals surface area contributed by atoms with E-state index in [-0.39, 0.29) is 18.0 Å². The minimum Gasteiger partial charge on any atom is -0.456 e. The second-order valence-corrected chi connectivity index (χ2v) is 16.0. The molecule has 0 saturated heterocycles. The Bertz CT molecular complexity index is 3340. The van der Waals surface area contributed by atoms with Gasteiger partial charge in [0.05, 0.1) is 0 Å². The fourth-order valence-corrected chi connectivity index (χ4v) is 10.3. The van der Waals surface area contributed by atoms with Crippen LogP contribution in [-0.4, -0.2) is 17.8 Å². The van der Waals surface area contributed by atoms with E-state index in [1.807, 2.05) is 29.5 Å². The zero-order valence-corrected chi connectivity index (χ0v) is 31.2. The van der Waals surface area contributed by atoms with Gasteiger partial charge in [-0.2, -0.15) is 0 Å². The number of hydrogen-bond donors (Lipinski definition) is 1. The summed E-state index contributed by atoms with van der Waals surface area (Å²) in [7, 11) is 0. The molecular formula is C50H33N3O2S. The molecule has 3 atom stereocenters. The molecule has 0 saturated carbocycles. The Hall–Kier alpha value is -6.76. The second kappa shape index (κ2) is 12.1. The van der Waals surface area contributed by atoms with Crippen LogP contribution in [0.1, 0.15) is 35.3 Å². The molecule has 12 rings (SSSR count). The van der Waals surface area contributed by atoms with Gasteiger partial charge in [-0.05, 0) is 70.3 Å². The van der Waals surface area contributed by atoms with E-state index in [0.29, 0.717) is 0 Å². The van der Waals surface area contributed by atoms with Crippen molar-refractivity contribution in [3.05, 3.63) is 174 Å². The minimum atomic E-state index is -0.307. The standard InChI is InChI=1S/C50H33N3O2S/c1-28-20-25-41-46(37-24-23-31(27-42(37)55-41)33-14-9-18-40-45(33)36-13-4-6-17-39(36)54-40)44(28)50-52-48(32-22-21-29-10-2-3-11-30(29)26-32)51-49(53-50)38-16-8-15-35-34-12-5-7-19-43(34)56-47(35)38/h2-28,44,50H,1H3,(H,51,52,53). The third-order valence-electron chi connectivity index (χ3n) is 11.7. The lowest BCUT2D eigenvalue weighted by atomic mass is 9.79. The fourth-order valence-electron chi connectivity index (χ4n) is 9.03. The molecule has 1 aliphatic carbocycles. The summed E-state index contributed by atoms with van der Waals surface area (Å²) in [6, 6.07) is 51.4. The molecule has 0 amide bonds. The van der Waals surface area contributed by atoms with Gasteiger partial charge in [0.25, 0.3) is 0 Å². The van der Waals surface area contributed by atoms with Crippen molar-refractivity contribution < 1.29 is 8.83 Å². The van der Waals surface area contributed by atoms with Crippen LogP contribution in [0.25, 0.3) is 81.1 Å². The maximum atomic E-state index is 6.75. The average Bonchev–Trinajstić information content (AvgIpc) is 3.94. The first-order chi connectivity index (χ1) is 27.6. The number of rotatable bonds is 4. The predicted octanol–water partition coefficient (Wildman–Crippen LogP) is 13.1. The predicted molar refractivity (Wildman–Crippen MR) is 233 cm³/mol. The Labute approximate surface area is 325 Å². The molecule has 7 aromatic carbocycles. The van der Waals surface area contributed by atoms with Crippen molar-refractivity contribution in [2.45, 2.75) is 19.0 Å². The van der Waals surface area contributed by atoms with E-state index >= 15 is 0 Å². The third kappa shape index (κ3) is 4.79. The molecule has 0 fully saturated rings. The van der Waals surface area contributed by atoms with Crippen LogP contribution in [0, 0.1) is 5.92 Å². The summed E-state index contributed by atoms with van der Waals surface area (Å²) < 4.78 is 15.5. The van der Waals surface area contributed by atoms with E-state index in [9.17, 15) is 0 Å². The Morgan fingerprint density at radius 1 is 0.607 bits per heavy atom. The molecule has 56 heavy (non-hydrogen) atoms. The van der Waals surface area contributed by atoms with Crippen LogP contribution in [-0.2, 0) is 0 Å². The number of hydrogen-bond acceptors (Lipinski definition) is 6. The molecule has 4 heterocycles. The summed E-state index contributed by atoms with van der Waals surface area (Å²) in [5.41, 5.74) is 8.11. The SMILES string of the molecule is CC1C=Cc2oc3cc(-c4cccc5oc6ccccc6c45)ccc3c2C1C1N=C(c2ccc3ccccc3c2)N=C(c2cccc3c2sc2ccccc23)N1. The second-order valence-electron chi connectivity index (χ2n) is 15.0. The lowest BCUT2D eigenvalue weighted by Gasteiger charge is -2.34. The minimum absolute atomic E-state index is 0.0223. The van der Waals surface area contributed by atoms with Crippen molar-refractivity contribution in [2.24, 2.45) is 15.9 Å². The van der Waals surface area contributed by atoms with Crippen molar-refractivity contribution in [3.63, 3.8) is 0 Å². The number of furan rings is 2. The molecule has 2 aliphatic rings. The number of fused-ring (bicyclic) bond motifs is 10. The lowest BCUT2D eigenvalue weighted by Crippen LogP contribution is -2.44. The first-order valence-corrected chi connectivity index (χ1v) is 19.9. The number of benzene rings is 7. The van der Waals surface area contributed by atoms with E-state index in [0.717, 1.165) is 78.0 Å². The quantitative estimate of drug-likeness (QED) is 0.195. The highest BCUT2D eigenvalue weighted by molar-refractivity contribution is 7.26. The monoisotopic (exact) mass is 739 g/mol. The van der Waals surface area contributed by atoms with Gasteiger partial charge in [0.1, 0.15) is 34.5 Å². The molecule has 266 valence electrons. The smallest absolute Gasteiger partial charge is 0.159 e. The van der Waals surface area contributed by atoms with Gasteiger partial charge < -0.3 is 14.2 Å². The van der Waals surface area contributed by atoms with E-state index < -0.39 is 0 Å². The van der Waals surface area contributed by atoms with E-state index in [1.54, 1.807) is 0 Å². The van der Waals surface area contributed by atoms with Gasteiger partial charge in [-0.3, -0.25) is 0 Å². The molecule has 1 aliphatic heterocycles. The summed E-state index contributed by atoms with van der Waals surface area (Å²) in [6.45, 7) is 2.28.